The Balaban J connectivity index is 1.88. The zero-order chi connectivity index (χ0) is 16.4. The van der Waals surface area contributed by atoms with E-state index >= 15 is 0 Å². The highest BCUT2D eigenvalue weighted by atomic mass is 35.5. The molecule has 4 nitrogen and oxygen atoms in total. The average molecular weight is 330 g/mol. The molecule has 6 heteroatoms. The zero-order valence-corrected chi connectivity index (χ0v) is 13.1. The lowest BCUT2D eigenvalue weighted by Gasteiger charge is -2.04. The summed E-state index contributed by atoms with van der Waals surface area (Å²) in [6.07, 6.45) is 0.184. The van der Waals surface area contributed by atoms with Crippen molar-refractivity contribution in [1.82, 2.24) is 15.0 Å². The third kappa shape index (κ3) is 3.29. The number of rotatable bonds is 4. The van der Waals surface area contributed by atoms with Gasteiger partial charge in [0.25, 0.3) is 0 Å². The van der Waals surface area contributed by atoms with E-state index < -0.39 is 0 Å². The maximum atomic E-state index is 13.3. The van der Waals surface area contributed by atoms with Crippen molar-refractivity contribution in [2.75, 3.05) is 0 Å². The minimum absolute atomic E-state index is 0.160. The fourth-order valence-corrected chi connectivity index (χ4v) is 2.57. The van der Waals surface area contributed by atoms with Crippen molar-refractivity contribution in [2.45, 2.75) is 13.3 Å². The van der Waals surface area contributed by atoms with Gasteiger partial charge in [-0.2, -0.15) is 0 Å². The lowest BCUT2D eigenvalue weighted by Crippen LogP contribution is -2.07. The Morgan fingerprint density at radius 2 is 2.00 bits per heavy atom. The molecule has 0 unspecified atom stereocenters. The SMILES string of the molecule is Cc1c(C(=O)Cc2cccc(Cl)c2)nnn1-c1cccc(F)c1. The molecule has 0 aliphatic rings. The first-order valence-corrected chi connectivity index (χ1v) is 7.38. The molecular formula is C17H13ClFN3O. The van der Waals surface area contributed by atoms with Crippen molar-refractivity contribution in [2.24, 2.45) is 0 Å². The summed E-state index contributed by atoms with van der Waals surface area (Å²) in [5.41, 5.74) is 2.18. The Hall–Kier alpha value is -2.53. The number of hydrogen-bond donors (Lipinski definition) is 0. The normalized spacial score (nSPS) is 10.7. The first-order chi connectivity index (χ1) is 11.0. The van der Waals surface area contributed by atoms with E-state index in [0.29, 0.717) is 16.4 Å². The molecule has 0 fully saturated rings. The number of nitrogens with zero attached hydrogens (tertiary/aromatic N) is 3. The van der Waals surface area contributed by atoms with Gasteiger partial charge < -0.3 is 0 Å². The Kier molecular flexibility index (Phi) is 4.21. The fraction of sp³-hybridized carbons (Fsp3) is 0.118. The van der Waals surface area contributed by atoms with Crippen molar-refractivity contribution < 1.29 is 9.18 Å². The van der Waals surface area contributed by atoms with Crippen LogP contribution in [0.4, 0.5) is 4.39 Å². The third-order valence-corrected chi connectivity index (χ3v) is 3.70. The van der Waals surface area contributed by atoms with Crippen molar-refractivity contribution in [3.8, 4) is 5.69 Å². The number of benzene rings is 2. The summed E-state index contributed by atoms with van der Waals surface area (Å²) >= 11 is 5.93. The molecule has 1 aromatic heterocycles. The monoisotopic (exact) mass is 329 g/mol. The Bertz CT molecular complexity index is 876. The minimum Gasteiger partial charge on any atom is -0.292 e. The molecule has 3 rings (SSSR count). The molecule has 0 saturated carbocycles. The van der Waals surface area contributed by atoms with Gasteiger partial charge in [0, 0.05) is 11.4 Å². The van der Waals surface area contributed by atoms with E-state index in [-0.39, 0.29) is 23.7 Å². The van der Waals surface area contributed by atoms with Crippen LogP contribution in [0.1, 0.15) is 21.7 Å². The second-order valence-electron chi connectivity index (χ2n) is 5.15. The molecule has 0 aliphatic heterocycles. The standard InChI is InChI=1S/C17H13ClFN3O/c1-11-17(16(23)9-12-4-2-5-13(18)8-12)20-21-22(11)15-7-3-6-14(19)10-15/h2-8,10H,9H2,1H3. The minimum atomic E-state index is -0.371. The lowest BCUT2D eigenvalue weighted by molar-refractivity contribution is 0.0987. The van der Waals surface area contributed by atoms with Crippen LogP contribution < -0.4 is 0 Å². The molecule has 0 amide bonds. The van der Waals surface area contributed by atoms with Gasteiger partial charge in [0.05, 0.1) is 11.4 Å². The average Bonchev–Trinajstić information content (AvgIpc) is 2.89. The van der Waals surface area contributed by atoms with Crippen LogP contribution >= 0.6 is 11.6 Å². The van der Waals surface area contributed by atoms with Crippen LogP contribution in [0.15, 0.2) is 48.5 Å². The van der Waals surface area contributed by atoms with Crippen molar-refractivity contribution in [3.63, 3.8) is 0 Å². The molecule has 0 bridgehead atoms. The van der Waals surface area contributed by atoms with E-state index in [1.165, 1.54) is 16.8 Å². The predicted molar refractivity (Wildman–Crippen MR) is 85.5 cm³/mol. The Morgan fingerprint density at radius 1 is 1.22 bits per heavy atom. The fourth-order valence-electron chi connectivity index (χ4n) is 2.36. The summed E-state index contributed by atoms with van der Waals surface area (Å²) in [6, 6.07) is 13.1. The molecule has 0 N–H and O–H groups in total. The van der Waals surface area contributed by atoms with Crippen molar-refractivity contribution in [1.29, 1.82) is 0 Å². The zero-order valence-electron chi connectivity index (χ0n) is 12.3. The molecule has 0 saturated heterocycles. The summed E-state index contributed by atoms with van der Waals surface area (Å²) in [6.45, 7) is 1.73. The lowest BCUT2D eigenvalue weighted by atomic mass is 10.1. The van der Waals surface area contributed by atoms with Crippen molar-refractivity contribution >= 4 is 17.4 Å². The summed E-state index contributed by atoms with van der Waals surface area (Å²) in [5, 5.41) is 8.49. The first kappa shape index (κ1) is 15.4. The van der Waals surface area contributed by atoms with Crippen LogP contribution in [0.2, 0.25) is 5.02 Å². The first-order valence-electron chi connectivity index (χ1n) is 7.00. The van der Waals surface area contributed by atoms with Gasteiger partial charge >= 0.3 is 0 Å². The quantitative estimate of drug-likeness (QED) is 0.684. The van der Waals surface area contributed by atoms with Gasteiger partial charge in [0.2, 0.25) is 0 Å². The number of ketones is 1. The van der Waals surface area contributed by atoms with E-state index in [2.05, 4.69) is 10.3 Å². The van der Waals surface area contributed by atoms with Crippen LogP contribution in [-0.4, -0.2) is 20.8 Å². The largest absolute Gasteiger partial charge is 0.292 e. The second kappa shape index (κ2) is 6.30. The summed E-state index contributed by atoms with van der Waals surface area (Å²) in [4.78, 5) is 12.4. The number of aromatic nitrogens is 3. The Morgan fingerprint density at radius 3 is 2.74 bits per heavy atom. The van der Waals surface area contributed by atoms with E-state index in [1.54, 1.807) is 37.3 Å². The van der Waals surface area contributed by atoms with Crippen LogP contribution in [0.5, 0.6) is 0 Å². The van der Waals surface area contributed by atoms with Gasteiger partial charge in [-0.05, 0) is 42.8 Å². The Labute approximate surface area is 137 Å². The highest BCUT2D eigenvalue weighted by Gasteiger charge is 2.18. The number of hydrogen-bond acceptors (Lipinski definition) is 3. The maximum absolute atomic E-state index is 13.3. The molecule has 3 aromatic rings. The number of carbonyl (C=O) groups excluding carboxylic acids is 1. The molecule has 2 aromatic carbocycles. The smallest absolute Gasteiger partial charge is 0.189 e. The summed E-state index contributed by atoms with van der Waals surface area (Å²) < 4.78 is 14.8. The number of Topliss-reactive ketones (excluding diaryl/α,β-unsaturated/α-hetero) is 1. The van der Waals surface area contributed by atoms with Crippen molar-refractivity contribution in [3.05, 3.63) is 76.3 Å². The molecular weight excluding hydrogens is 317 g/mol. The number of carbonyl (C=O) groups is 1. The topological polar surface area (TPSA) is 47.8 Å². The highest BCUT2D eigenvalue weighted by Crippen LogP contribution is 2.16. The van der Waals surface area contributed by atoms with Gasteiger partial charge in [-0.25, -0.2) is 9.07 Å². The van der Waals surface area contributed by atoms with Gasteiger partial charge in [-0.3, -0.25) is 4.79 Å². The van der Waals surface area contributed by atoms with Gasteiger partial charge in [0.15, 0.2) is 11.5 Å². The van der Waals surface area contributed by atoms with Crippen LogP contribution in [-0.2, 0) is 6.42 Å². The molecule has 1 heterocycles. The van der Waals surface area contributed by atoms with Crippen LogP contribution in [0, 0.1) is 12.7 Å². The van der Waals surface area contributed by atoms with E-state index in [4.69, 9.17) is 11.6 Å². The summed E-state index contributed by atoms with van der Waals surface area (Å²) in [5.74, 6) is -0.531. The van der Waals surface area contributed by atoms with Gasteiger partial charge in [-0.1, -0.05) is 35.0 Å². The maximum Gasteiger partial charge on any atom is 0.189 e. The van der Waals surface area contributed by atoms with Gasteiger partial charge in [-0.15, -0.1) is 5.10 Å². The van der Waals surface area contributed by atoms with Crippen LogP contribution in [0.3, 0.4) is 0 Å². The van der Waals surface area contributed by atoms with Gasteiger partial charge in [0.1, 0.15) is 5.82 Å². The predicted octanol–water partition coefficient (Wildman–Crippen LogP) is 3.79. The van der Waals surface area contributed by atoms with E-state index in [9.17, 15) is 9.18 Å². The molecule has 0 radical (unpaired) electrons. The number of halogens is 2. The molecule has 0 aliphatic carbocycles. The summed E-state index contributed by atoms with van der Waals surface area (Å²) in [7, 11) is 0. The van der Waals surface area contributed by atoms with E-state index in [0.717, 1.165) is 5.56 Å². The molecule has 116 valence electrons. The third-order valence-electron chi connectivity index (χ3n) is 3.47. The molecule has 0 atom stereocenters. The highest BCUT2D eigenvalue weighted by molar-refractivity contribution is 6.30. The molecule has 23 heavy (non-hydrogen) atoms. The molecule has 0 spiro atoms. The second-order valence-corrected chi connectivity index (χ2v) is 5.58. The van der Waals surface area contributed by atoms with Crippen LogP contribution in [0.25, 0.3) is 5.69 Å². The van der Waals surface area contributed by atoms with E-state index in [1.807, 2.05) is 6.07 Å².